The minimum atomic E-state index is -0.836. The second-order valence-electron chi connectivity index (χ2n) is 5.32. The van der Waals surface area contributed by atoms with Crippen molar-refractivity contribution in [2.45, 2.75) is 46.5 Å². The Kier molecular flexibility index (Phi) is 4.38. The quantitative estimate of drug-likeness (QED) is 0.622. The van der Waals surface area contributed by atoms with E-state index in [1.165, 1.54) is 0 Å². The Labute approximate surface area is 108 Å². The van der Waals surface area contributed by atoms with Gasteiger partial charge in [-0.3, -0.25) is 4.79 Å². The zero-order valence-corrected chi connectivity index (χ0v) is 11.8. The first-order valence-electron chi connectivity index (χ1n) is 6.24. The number of hydrogen-bond donors (Lipinski definition) is 2. The minimum Gasteiger partial charge on any atom is -0.481 e. The maximum absolute atomic E-state index is 11.0. The highest BCUT2D eigenvalue weighted by atomic mass is 16.5. The topological polar surface area (TPSA) is 66.3 Å². The van der Waals surface area contributed by atoms with Crippen LogP contribution in [0.25, 0.3) is 0 Å². The molecule has 0 bridgehead atoms. The van der Waals surface area contributed by atoms with Crippen molar-refractivity contribution in [2.24, 2.45) is 13.0 Å². The molecule has 1 rings (SSSR count). The molecule has 1 aromatic rings. The lowest BCUT2D eigenvalue weighted by atomic mass is 9.93. The summed E-state index contributed by atoms with van der Waals surface area (Å²) in [5.74, 6) is 0.0352. The van der Waals surface area contributed by atoms with Crippen LogP contribution in [0.4, 0.5) is 0 Å². The Hall–Kier alpha value is -1.52. The van der Waals surface area contributed by atoms with Gasteiger partial charge in [-0.25, -0.2) is 4.57 Å². The maximum atomic E-state index is 11.0. The Morgan fingerprint density at radius 3 is 2.28 bits per heavy atom. The van der Waals surface area contributed by atoms with E-state index in [9.17, 15) is 10.0 Å². The summed E-state index contributed by atoms with van der Waals surface area (Å²) < 4.78 is 3.01. The van der Waals surface area contributed by atoms with E-state index < -0.39 is 5.97 Å². The average Bonchev–Trinajstić information content (AvgIpc) is 2.41. The second kappa shape index (κ2) is 5.42. The summed E-state index contributed by atoms with van der Waals surface area (Å²) in [6.45, 7) is 7.85. The Balaban J connectivity index is 3.20. The van der Waals surface area contributed by atoms with Gasteiger partial charge in [-0.05, 0) is 17.1 Å². The molecule has 0 amide bonds. The molecule has 0 aromatic carbocycles. The predicted molar refractivity (Wildman–Crippen MR) is 66.7 cm³/mol. The first-order valence-corrected chi connectivity index (χ1v) is 6.24. The van der Waals surface area contributed by atoms with Gasteiger partial charge in [0.05, 0.1) is 19.4 Å². The van der Waals surface area contributed by atoms with Crippen molar-refractivity contribution in [1.29, 1.82) is 0 Å². The van der Waals surface area contributed by atoms with Crippen LogP contribution in [0.3, 0.4) is 0 Å². The van der Waals surface area contributed by atoms with Crippen molar-refractivity contribution in [3.8, 4) is 0 Å². The van der Waals surface area contributed by atoms with Gasteiger partial charge in [0.25, 0.3) is 5.82 Å². The Morgan fingerprint density at radius 2 is 1.94 bits per heavy atom. The molecule has 0 unspecified atom stereocenters. The van der Waals surface area contributed by atoms with Crippen LogP contribution < -0.4 is 4.57 Å². The molecule has 0 spiro atoms. The number of imidazole rings is 1. The van der Waals surface area contributed by atoms with E-state index in [2.05, 4.69) is 13.8 Å². The van der Waals surface area contributed by atoms with Crippen molar-refractivity contribution in [1.82, 2.24) is 4.73 Å². The van der Waals surface area contributed by atoms with Gasteiger partial charge in [-0.2, -0.15) is 0 Å². The molecule has 0 fully saturated rings. The molecule has 0 saturated carbocycles. The number of carbonyl (C=O) groups is 1. The van der Waals surface area contributed by atoms with Crippen LogP contribution in [-0.2, 0) is 11.8 Å². The maximum Gasteiger partial charge on any atom is 0.304 e. The molecule has 0 aliphatic heterocycles. The van der Waals surface area contributed by atoms with Gasteiger partial charge in [0.1, 0.15) is 5.69 Å². The van der Waals surface area contributed by atoms with Crippen LogP contribution in [0.5, 0.6) is 0 Å². The van der Waals surface area contributed by atoms with Gasteiger partial charge in [0.2, 0.25) is 0 Å². The molecule has 0 aliphatic rings. The van der Waals surface area contributed by atoms with Crippen LogP contribution in [0.2, 0.25) is 0 Å². The highest BCUT2D eigenvalue weighted by Gasteiger charge is 2.32. The first-order chi connectivity index (χ1) is 8.25. The van der Waals surface area contributed by atoms with Crippen molar-refractivity contribution in [3.63, 3.8) is 0 Å². The molecule has 5 heteroatoms. The fourth-order valence-electron chi connectivity index (χ4n) is 2.39. The van der Waals surface area contributed by atoms with E-state index in [0.29, 0.717) is 11.7 Å². The molecule has 1 heterocycles. The van der Waals surface area contributed by atoms with Crippen LogP contribution in [-0.4, -0.2) is 21.0 Å². The molecule has 2 N–H and O–H groups in total. The Bertz CT molecular complexity index is 424. The van der Waals surface area contributed by atoms with E-state index >= 15 is 0 Å². The van der Waals surface area contributed by atoms with Crippen molar-refractivity contribution < 1.29 is 19.7 Å². The molecule has 18 heavy (non-hydrogen) atoms. The third-order valence-corrected chi connectivity index (χ3v) is 3.45. The summed E-state index contributed by atoms with van der Waals surface area (Å²) in [6.07, 6.45) is 0.777. The molecule has 1 atom stereocenters. The van der Waals surface area contributed by atoms with Gasteiger partial charge < -0.3 is 10.3 Å². The van der Waals surface area contributed by atoms with Crippen molar-refractivity contribution in [3.05, 3.63) is 17.2 Å². The third kappa shape index (κ3) is 2.83. The number of nitrogens with zero attached hydrogens (tertiary/aromatic N) is 2. The molecule has 0 aliphatic carbocycles. The normalized spacial score (nSPS) is 13.0. The summed E-state index contributed by atoms with van der Waals surface area (Å²) in [5.41, 5.74) is 1.71. The van der Waals surface area contributed by atoms with E-state index in [1.54, 1.807) is 0 Å². The Morgan fingerprint density at radius 1 is 1.39 bits per heavy atom. The van der Waals surface area contributed by atoms with Crippen LogP contribution in [0, 0.1) is 19.8 Å². The number of carboxylic acids is 1. The second-order valence-corrected chi connectivity index (χ2v) is 5.32. The lowest BCUT2D eigenvalue weighted by molar-refractivity contribution is -0.687. The van der Waals surface area contributed by atoms with Gasteiger partial charge in [-0.15, -0.1) is 0 Å². The first kappa shape index (κ1) is 14.5. The SMILES string of the molecule is Cc1c(C)[n+](C)c([C@H](CC(=O)O)CC(C)C)n1O. The van der Waals surface area contributed by atoms with Gasteiger partial charge in [0.15, 0.2) is 5.69 Å². The standard InChI is InChI=1S/C13H22N2O3/c1-8(2)6-11(7-12(16)17)13-14(5)9(3)10(4)15(13)18/h8,11H,6-7H2,1-5H3,(H-,16,17,18)/p+1/t11-/m0/s1. The molecule has 5 nitrogen and oxygen atoms in total. The molecule has 102 valence electrons. The van der Waals surface area contributed by atoms with Crippen LogP contribution in [0.15, 0.2) is 0 Å². The average molecular weight is 255 g/mol. The number of rotatable bonds is 5. The van der Waals surface area contributed by atoms with Crippen molar-refractivity contribution in [2.75, 3.05) is 0 Å². The number of aromatic nitrogens is 2. The summed E-state index contributed by atoms with van der Waals surface area (Å²) in [7, 11) is 1.86. The minimum absolute atomic E-state index is 0.0372. The largest absolute Gasteiger partial charge is 0.481 e. The third-order valence-electron chi connectivity index (χ3n) is 3.45. The van der Waals surface area contributed by atoms with E-state index in [-0.39, 0.29) is 12.3 Å². The smallest absolute Gasteiger partial charge is 0.304 e. The number of hydrogen-bond acceptors (Lipinski definition) is 2. The van der Waals surface area contributed by atoms with E-state index in [0.717, 1.165) is 22.5 Å². The highest BCUT2D eigenvalue weighted by Crippen LogP contribution is 2.26. The number of carboxylic acid groups (broad SMARTS) is 1. The summed E-state index contributed by atoms with van der Waals surface area (Å²) in [5, 5.41) is 19.1. The van der Waals surface area contributed by atoms with E-state index in [4.69, 9.17) is 5.11 Å². The molecule has 0 radical (unpaired) electrons. The molecule has 1 aromatic heterocycles. The summed E-state index contributed by atoms with van der Waals surface area (Å²) >= 11 is 0. The molecular formula is C13H23N2O3+. The predicted octanol–water partition coefficient (Wildman–Crippen LogP) is 1.77. The highest BCUT2D eigenvalue weighted by molar-refractivity contribution is 5.67. The van der Waals surface area contributed by atoms with Crippen molar-refractivity contribution >= 4 is 5.97 Å². The lowest BCUT2D eigenvalue weighted by Crippen LogP contribution is -2.37. The van der Waals surface area contributed by atoms with Crippen LogP contribution >= 0.6 is 0 Å². The zero-order chi connectivity index (χ0) is 14.0. The summed E-state index contributed by atoms with van der Waals surface area (Å²) in [4.78, 5) is 11.0. The monoisotopic (exact) mass is 255 g/mol. The van der Waals surface area contributed by atoms with Gasteiger partial charge in [-0.1, -0.05) is 13.8 Å². The zero-order valence-electron chi connectivity index (χ0n) is 11.8. The van der Waals surface area contributed by atoms with E-state index in [1.807, 2.05) is 25.5 Å². The van der Waals surface area contributed by atoms with Gasteiger partial charge >= 0.3 is 5.97 Å². The fraction of sp³-hybridized carbons (Fsp3) is 0.692. The van der Waals surface area contributed by atoms with Gasteiger partial charge in [0, 0.05) is 13.8 Å². The lowest BCUT2D eigenvalue weighted by Gasteiger charge is -2.13. The summed E-state index contributed by atoms with van der Waals surface area (Å²) in [6, 6.07) is 0. The number of aliphatic carboxylic acids is 1. The molecular weight excluding hydrogens is 232 g/mol. The fourth-order valence-corrected chi connectivity index (χ4v) is 2.39. The van der Waals surface area contributed by atoms with Crippen LogP contribution in [0.1, 0.15) is 49.8 Å². The molecule has 0 saturated heterocycles.